The Morgan fingerprint density at radius 2 is 1.91 bits per heavy atom. The lowest BCUT2D eigenvalue weighted by Gasteiger charge is -2.17. The number of nitrogens with zero attached hydrogens (tertiary/aromatic N) is 3. The molecule has 0 radical (unpaired) electrons. The summed E-state index contributed by atoms with van der Waals surface area (Å²) in [5, 5.41) is 3.95. The number of rotatable bonds is 7. The fourth-order valence-electron chi connectivity index (χ4n) is 2.16. The van der Waals surface area contributed by atoms with Gasteiger partial charge in [0.05, 0.1) is 7.11 Å². The Balaban J connectivity index is 1.97. The highest BCUT2D eigenvalue weighted by Crippen LogP contribution is 2.20. The molecule has 0 aliphatic carbocycles. The second-order valence-electron chi connectivity index (χ2n) is 4.81. The molecule has 0 unspecified atom stereocenters. The number of carbonyl (C=O) groups excluding carboxylic acids is 1. The van der Waals surface area contributed by atoms with Crippen LogP contribution in [0.25, 0.3) is 11.4 Å². The summed E-state index contributed by atoms with van der Waals surface area (Å²) in [6, 6.07) is 7.42. The van der Waals surface area contributed by atoms with Crippen molar-refractivity contribution in [1.29, 1.82) is 0 Å². The van der Waals surface area contributed by atoms with Crippen molar-refractivity contribution in [2.75, 3.05) is 20.2 Å². The van der Waals surface area contributed by atoms with Crippen LogP contribution in [0.2, 0.25) is 0 Å². The maximum atomic E-state index is 11.9. The number of ether oxygens (including phenoxy) is 1. The molecule has 6 heteroatoms. The summed E-state index contributed by atoms with van der Waals surface area (Å²) in [4.78, 5) is 18.1. The van der Waals surface area contributed by atoms with Crippen LogP contribution in [-0.4, -0.2) is 41.1 Å². The third kappa shape index (κ3) is 3.84. The molecule has 0 aliphatic rings. The molecule has 0 aliphatic heterocycles. The maximum Gasteiger partial charge on any atom is 0.227 e. The molecule has 0 saturated carbocycles. The molecule has 2 rings (SSSR count). The van der Waals surface area contributed by atoms with Crippen LogP contribution in [0.3, 0.4) is 0 Å². The predicted octanol–water partition coefficient (Wildman–Crippen LogP) is 2.55. The smallest absolute Gasteiger partial charge is 0.227 e. The van der Waals surface area contributed by atoms with Crippen LogP contribution in [0, 0.1) is 0 Å². The fraction of sp³-hybridized carbons (Fsp3) is 0.438. The minimum atomic E-state index is 0.106. The first-order chi connectivity index (χ1) is 10.7. The van der Waals surface area contributed by atoms with Crippen molar-refractivity contribution in [2.45, 2.75) is 26.7 Å². The molecule has 1 heterocycles. The Bertz CT molecular complexity index is 603. The number of aromatic nitrogens is 2. The summed E-state index contributed by atoms with van der Waals surface area (Å²) in [5.41, 5.74) is 0.853. The van der Waals surface area contributed by atoms with Crippen molar-refractivity contribution in [2.24, 2.45) is 0 Å². The molecule has 22 heavy (non-hydrogen) atoms. The van der Waals surface area contributed by atoms with E-state index in [9.17, 15) is 4.79 Å². The zero-order valence-electron chi connectivity index (χ0n) is 13.2. The lowest BCUT2D eigenvalue weighted by molar-refractivity contribution is -0.130. The molecular formula is C16H21N3O3. The predicted molar refractivity (Wildman–Crippen MR) is 82.5 cm³/mol. The number of carbonyl (C=O) groups is 1. The minimum absolute atomic E-state index is 0.106. The molecule has 0 bridgehead atoms. The van der Waals surface area contributed by atoms with Gasteiger partial charge in [0.1, 0.15) is 5.75 Å². The zero-order chi connectivity index (χ0) is 15.9. The summed E-state index contributed by atoms with van der Waals surface area (Å²) >= 11 is 0. The third-order valence-corrected chi connectivity index (χ3v) is 3.49. The van der Waals surface area contributed by atoms with Crippen LogP contribution in [0.5, 0.6) is 5.75 Å². The number of benzene rings is 1. The van der Waals surface area contributed by atoms with E-state index < -0.39 is 0 Å². The number of aryl methyl sites for hydroxylation is 1. The van der Waals surface area contributed by atoms with Gasteiger partial charge in [-0.1, -0.05) is 5.16 Å². The lowest BCUT2D eigenvalue weighted by atomic mass is 10.2. The second kappa shape index (κ2) is 7.59. The van der Waals surface area contributed by atoms with E-state index in [2.05, 4.69) is 10.1 Å². The lowest BCUT2D eigenvalue weighted by Crippen LogP contribution is -2.30. The largest absolute Gasteiger partial charge is 0.497 e. The Labute approximate surface area is 130 Å². The van der Waals surface area contributed by atoms with E-state index in [4.69, 9.17) is 9.26 Å². The Morgan fingerprint density at radius 1 is 1.23 bits per heavy atom. The van der Waals surface area contributed by atoms with E-state index in [0.717, 1.165) is 24.4 Å². The Kier molecular flexibility index (Phi) is 5.52. The van der Waals surface area contributed by atoms with Crippen LogP contribution >= 0.6 is 0 Å². The minimum Gasteiger partial charge on any atom is -0.497 e. The topological polar surface area (TPSA) is 68.5 Å². The monoisotopic (exact) mass is 303 g/mol. The first-order valence-electron chi connectivity index (χ1n) is 7.42. The molecule has 6 nitrogen and oxygen atoms in total. The molecule has 0 saturated heterocycles. The average molecular weight is 303 g/mol. The van der Waals surface area contributed by atoms with Gasteiger partial charge in [-0.2, -0.15) is 4.98 Å². The van der Waals surface area contributed by atoms with Crippen LogP contribution in [-0.2, 0) is 11.2 Å². The highest BCUT2D eigenvalue weighted by atomic mass is 16.5. The standard InChI is InChI=1S/C16H21N3O3/c1-4-19(5-2)15(20)11-10-14-17-16(18-22-14)12-6-8-13(21-3)9-7-12/h6-9H,4-5,10-11H2,1-3H3. The molecule has 118 valence electrons. The van der Waals surface area contributed by atoms with E-state index in [1.54, 1.807) is 12.0 Å². The Hall–Kier alpha value is -2.37. The van der Waals surface area contributed by atoms with Crippen LogP contribution in [0.4, 0.5) is 0 Å². The van der Waals surface area contributed by atoms with Gasteiger partial charge < -0.3 is 14.2 Å². The third-order valence-electron chi connectivity index (χ3n) is 3.49. The van der Waals surface area contributed by atoms with Gasteiger partial charge in [-0.3, -0.25) is 4.79 Å². The van der Waals surface area contributed by atoms with Gasteiger partial charge in [0.15, 0.2) is 0 Å². The van der Waals surface area contributed by atoms with Gasteiger partial charge in [-0.15, -0.1) is 0 Å². The summed E-state index contributed by atoms with van der Waals surface area (Å²) in [6.07, 6.45) is 0.838. The molecule has 0 atom stereocenters. The summed E-state index contributed by atoms with van der Waals surface area (Å²) in [7, 11) is 1.62. The molecule has 2 aromatic rings. The normalized spacial score (nSPS) is 10.5. The molecule has 0 fully saturated rings. The van der Waals surface area contributed by atoms with Crippen molar-refractivity contribution in [1.82, 2.24) is 15.0 Å². The van der Waals surface area contributed by atoms with Crippen LogP contribution in [0.1, 0.15) is 26.2 Å². The average Bonchev–Trinajstić information content (AvgIpc) is 3.03. The highest BCUT2D eigenvalue weighted by molar-refractivity contribution is 5.76. The van der Waals surface area contributed by atoms with E-state index >= 15 is 0 Å². The van der Waals surface area contributed by atoms with E-state index in [1.807, 2.05) is 38.1 Å². The fourth-order valence-corrected chi connectivity index (χ4v) is 2.16. The quantitative estimate of drug-likeness (QED) is 0.786. The summed E-state index contributed by atoms with van der Waals surface area (Å²) in [5.74, 6) is 1.88. The van der Waals surface area contributed by atoms with Gasteiger partial charge in [0.2, 0.25) is 17.6 Å². The van der Waals surface area contributed by atoms with Gasteiger partial charge >= 0.3 is 0 Å². The maximum absolute atomic E-state index is 11.9. The van der Waals surface area contributed by atoms with Gasteiger partial charge in [0, 0.05) is 31.5 Å². The van der Waals surface area contributed by atoms with Crippen molar-refractivity contribution in [3.05, 3.63) is 30.2 Å². The first kappa shape index (κ1) is 16.0. The second-order valence-corrected chi connectivity index (χ2v) is 4.81. The van der Waals surface area contributed by atoms with Crippen molar-refractivity contribution >= 4 is 5.91 Å². The van der Waals surface area contributed by atoms with E-state index in [1.165, 1.54) is 0 Å². The molecule has 1 aromatic heterocycles. The molecule has 0 spiro atoms. The molecule has 0 N–H and O–H groups in total. The van der Waals surface area contributed by atoms with Crippen molar-refractivity contribution < 1.29 is 14.1 Å². The molecule has 1 aromatic carbocycles. The van der Waals surface area contributed by atoms with Crippen LogP contribution < -0.4 is 4.74 Å². The van der Waals surface area contributed by atoms with Gasteiger partial charge in [0.25, 0.3) is 0 Å². The SMILES string of the molecule is CCN(CC)C(=O)CCc1nc(-c2ccc(OC)cc2)no1. The number of methoxy groups -OCH3 is 1. The van der Waals surface area contributed by atoms with Crippen LogP contribution in [0.15, 0.2) is 28.8 Å². The Morgan fingerprint density at radius 3 is 2.50 bits per heavy atom. The van der Waals surface area contributed by atoms with E-state index in [0.29, 0.717) is 24.6 Å². The summed E-state index contributed by atoms with van der Waals surface area (Å²) < 4.78 is 10.3. The first-order valence-corrected chi connectivity index (χ1v) is 7.42. The molecular weight excluding hydrogens is 282 g/mol. The van der Waals surface area contributed by atoms with Crippen molar-refractivity contribution in [3.8, 4) is 17.1 Å². The van der Waals surface area contributed by atoms with Crippen molar-refractivity contribution in [3.63, 3.8) is 0 Å². The highest BCUT2D eigenvalue weighted by Gasteiger charge is 2.13. The summed E-state index contributed by atoms with van der Waals surface area (Å²) in [6.45, 7) is 5.37. The molecule has 1 amide bonds. The number of amides is 1. The zero-order valence-corrected chi connectivity index (χ0v) is 13.2. The van der Waals surface area contributed by atoms with Gasteiger partial charge in [-0.25, -0.2) is 0 Å². The van der Waals surface area contributed by atoms with Gasteiger partial charge in [-0.05, 0) is 38.1 Å². The number of hydrogen-bond donors (Lipinski definition) is 0. The number of hydrogen-bond acceptors (Lipinski definition) is 5. The van der Waals surface area contributed by atoms with E-state index in [-0.39, 0.29) is 5.91 Å².